The summed E-state index contributed by atoms with van der Waals surface area (Å²) in [6.07, 6.45) is 1.76. The minimum Gasteiger partial charge on any atom is -0.384 e. The molecule has 2 saturated heterocycles. The van der Waals surface area contributed by atoms with Gasteiger partial charge >= 0.3 is 0 Å². The number of imide groups is 1. The van der Waals surface area contributed by atoms with E-state index in [2.05, 4.69) is 4.90 Å². The Kier molecular flexibility index (Phi) is 3.48. The zero-order valence-corrected chi connectivity index (χ0v) is 12.6. The molecular weight excluding hydrogens is 280 g/mol. The van der Waals surface area contributed by atoms with Crippen LogP contribution in [0.2, 0.25) is 0 Å². The maximum Gasteiger partial charge on any atom is 0.240 e. The summed E-state index contributed by atoms with van der Waals surface area (Å²) in [5.74, 6) is -0.247. The van der Waals surface area contributed by atoms with Gasteiger partial charge in [-0.05, 0) is 57.2 Å². The molecule has 3 N–H and O–H groups in total. The summed E-state index contributed by atoms with van der Waals surface area (Å²) >= 11 is 0. The monoisotopic (exact) mass is 300 g/mol. The van der Waals surface area contributed by atoms with Crippen LogP contribution in [0.25, 0.3) is 0 Å². The van der Waals surface area contributed by atoms with Gasteiger partial charge in [-0.15, -0.1) is 0 Å². The molecule has 2 aliphatic rings. The van der Waals surface area contributed by atoms with Crippen LogP contribution in [0.1, 0.15) is 24.8 Å². The molecule has 1 aromatic rings. The Morgan fingerprint density at radius 3 is 2.32 bits per heavy atom. The van der Waals surface area contributed by atoms with Crippen molar-refractivity contribution >= 4 is 23.3 Å². The highest BCUT2D eigenvalue weighted by molar-refractivity contribution is 6.22. The first-order valence-electron chi connectivity index (χ1n) is 7.43. The Balaban J connectivity index is 1.87. The summed E-state index contributed by atoms with van der Waals surface area (Å²) in [4.78, 5) is 28.7. The highest BCUT2D eigenvalue weighted by Crippen LogP contribution is 2.43. The van der Waals surface area contributed by atoms with Gasteiger partial charge in [0.15, 0.2) is 0 Å². The molecule has 116 valence electrons. The number of rotatable bonds is 2. The summed E-state index contributed by atoms with van der Waals surface area (Å²) < 4.78 is 0. The Hall–Kier alpha value is -2.21. The predicted octanol–water partition coefficient (Wildman–Crippen LogP) is 0.946. The fourth-order valence-electron chi connectivity index (χ4n) is 3.28. The van der Waals surface area contributed by atoms with Gasteiger partial charge in [0.1, 0.15) is 5.84 Å². The van der Waals surface area contributed by atoms with Crippen LogP contribution in [0.3, 0.4) is 0 Å². The highest BCUT2D eigenvalue weighted by Gasteiger charge is 2.52. The smallest absolute Gasteiger partial charge is 0.240 e. The Morgan fingerprint density at radius 1 is 1.18 bits per heavy atom. The lowest BCUT2D eigenvalue weighted by atomic mass is 9.77. The van der Waals surface area contributed by atoms with Crippen LogP contribution in [-0.2, 0) is 9.59 Å². The summed E-state index contributed by atoms with van der Waals surface area (Å²) in [6.45, 7) is 1.69. The number of hydrogen-bond acceptors (Lipinski definition) is 4. The van der Waals surface area contributed by atoms with E-state index in [1.54, 1.807) is 24.3 Å². The van der Waals surface area contributed by atoms with Crippen LogP contribution in [0.4, 0.5) is 5.69 Å². The van der Waals surface area contributed by atoms with Crippen molar-refractivity contribution in [2.45, 2.75) is 19.3 Å². The predicted molar refractivity (Wildman–Crippen MR) is 83.7 cm³/mol. The first-order chi connectivity index (χ1) is 10.4. The minimum absolute atomic E-state index is 0.0302. The first kappa shape index (κ1) is 14.7. The second-order valence-electron chi connectivity index (χ2n) is 6.26. The van der Waals surface area contributed by atoms with Gasteiger partial charge in [-0.3, -0.25) is 19.9 Å². The molecule has 0 aliphatic carbocycles. The fraction of sp³-hybridized carbons (Fsp3) is 0.438. The van der Waals surface area contributed by atoms with Crippen molar-refractivity contribution in [2.24, 2.45) is 11.1 Å². The van der Waals surface area contributed by atoms with Gasteiger partial charge in [-0.1, -0.05) is 0 Å². The van der Waals surface area contributed by atoms with E-state index in [9.17, 15) is 9.59 Å². The molecule has 6 nitrogen and oxygen atoms in total. The second kappa shape index (κ2) is 5.21. The van der Waals surface area contributed by atoms with Crippen molar-refractivity contribution in [3.8, 4) is 0 Å². The number of benzene rings is 1. The number of nitrogens with zero attached hydrogens (tertiary/aromatic N) is 2. The van der Waals surface area contributed by atoms with Crippen molar-refractivity contribution in [3.05, 3.63) is 29.8 Å². The SMILES string of the molecule is CN1CCC2(CC1)CC(=O)N(c1ccc(C(=N)N)cc1)C2=O. The number of nitrogens with two attached hydrogens (primary N) is 1. The third kappa shape index (κ3) is 2.29. The molecule has 0 unspecified atom stereocenters. The first-order valence-corrected chi connectivity index (χ1v) is 7.43. The number of nitrogen functional groups attached to an aromatic ring is 1. The third-order valence-corrected chi connectivity index (χ3v) is 4.78. The molecule has 0 radical (unpaired) electrons. The van der Waals surface area contributed by atoms with Crippen LogP contribution < -0.4 is 10.6 Å². The number of piperidine rings is 1. The van der Waals surface area contributed by atoms with Crippen molar-refractivity contribution in [2.75, 3.05) is 25.0 Å². The summed E-state index contributed by atoms with van der Waals surface area (Å²) in [5.41, 5.74) is 6.05. The van der Waals surface area contributed by atoms with E-state index in [-0.39, 0.29) is 17.6 Å². The lowest BCUT2D eigenvalue weighted by Gasteiger charge is -2.35. The van der Waals surface area contributed by atoms with E-state index in [0.29, 0.717) is 17.7 Å². The van der Waals surface area contributed by atoms with Crippen molar-refractivity contribution in [1.29, 1.82) is 5.41 Å². The zero-order chi connectivity index (χ0) is 15.9. The molecule has 1 aromatic carbocycles. The molecule has 0 bridgehead atoms. The molecule has 6 heteroatoms. The molecule has 3 rings (SSSR count). The molecule has 0 saturated carbocycles. The molecule has 2 fully saturated rings. The van der Waals surface area contributed by atoms with E-state index in [4.69, 9.17) is 11.1 Å². The quantitative estimate of drug-likeness (QED) is 0.483. The number of amides is 2. The van der Waals surface area contributed by atoms with Crippen LogP contribution in [0.15, 0.2) is 24.3 Å². The number of nitrogens with one attached hydrogen (secondary N) is 1. The van der Waals surface area contributed by atoms with E-state index in [0.717, 1.165) is 25.9 Å². The number of carbonyl (C=O) groups excluding carboxylic acids is 2. The van der Waals surface area contributed by atoms with Crippen molar-refractivity contribution in [3.63, 3.8) is 0 Å². The molecule has 2 heterocycles. The largest absolute Gasteiger partial charge is 0.384 e. The van der Waals surface area contributed by atoms with Gasteiger partial charge in [0, 0.05) is 12.0 Å². The van der Waals surface area contributed by atoms with Gasteiger partial charge < -0.3 is 10.6 Å². The van der Waals surface area contributed by atoms with Crippen LogP contribution >= 0.6 is 0 Å². The zero-order valence-electron chi connectivity index (χ0n) is 12.6. The Labute approximate surface area is 129 Å². The van der Waals surface area contributed by atoms with Gasteiger partial charge in [-0.25, -0.2) is 0 Å². The molecular formula is C16H20N4O2. The van der Waals surface area contributed by atoms with Gasteiger partial charge in [0.2, 0.25) is 11.8 Å². The fourth-order valence-corrected chi connectivity index (χ4v) is 3.28. The Bertz CT molecular complexity index is 630. The number of likely N-dealkylation sites (tertiary alicyclic amines) is 1. The topological polar surface area (TPSA) is 90.5 Å². The lowest BCUT2D eigenvalue weighted by Crippen LogP contribution is -2.43. The summed E-state index contributed by atoms with van der Waals surface area (Å²) in [7, 11) is 2.03. The molecule has 2 aliphatic heterocycles. The standard InChI is InChI=1S/C16H20N4O2/c1-19-8-6-16(7-9-19)10-13(21)20(15(16)22)12-4-2-11(3-5-12)14(17)18/h2-5H,6-10H2,1H3,(H3,17,18). The molecule has 22 heavy (non-hydrogen) atoms. The lowest BCUT2D eigenvalue weighted by molar-refractivity contribution is -0.127. The van der Waals surface area contributed by atoms with Gasteiger partial charge in [0.05, 0.1) is 11.1 Å². The van der Waals surface area contributed by atoms with Gasteiger partial charge in [-0.2, -0.15) is 0 Å². The molecule has 0 atom stereocenters. The maximum absolute atomic E-state index is 12.8. The molecule has 0 aromatic heterocycles. The normalized spacial score (nSPS) is 21.6. The summed E-state index contributed by atoms with van der Waals surface area (Å²) in [5, 5.41) is 7.39. The Morgan fingerprint density at radius 2 is 1.77 bits per heavy atom. The van der Waals surface area contributed by atoms with E-state index < -0.39 is 5.41 Å². The molecule has 1 spiro atoms. The summed E-state index contributed by atoms with van der Waals surface area (Å²) in [6, 6.07) is 6.69. The average Bonchev–Trinajstić information content (AvgIpc) is 2.73. The number of carbonyl (C=O) groups is 2. The van der Waals surface area contributed by atoms with Crippen molar-refractivity contribution < 1.29 is 9.59 Å². The molecule has 2 amide bonds. The third-order valence-electron chi connectivity index (χ3n) is 4.78. The number of anilines is 1. The van der Waals surface area contributed by atoms with E-state index in [1.165, 1.54) is 4.90 Å². The van der Waals surface area contributed by atoms with Crippen molar-refractivity contribution in [1.82, 2.24) is 4.90 Å². The highest BCUT2D eigenvalue weighted by atomic mass is 16.2. The minimum atomic E-state index is -0.525. The van der Waals surface area contributed by atoms with Gasteiger partial charge in [0.25, 0.3) is 0 Å². The second-order valence-corrected chi connectivity index (χ2v) is 6.26. The maximum atomic E-state index is 12.8. The number of hydrogen-bond donors (Lipinski definition) is 2. The van der Waals surface area contributed by atoms with Crippen LogP contribution in [-0.4, -0.2) is 42.7 Å². The van der Waals surface area contributed by atoms with E-state index in [1.807, 2.05) is 7.05 Å². The number of amidine groups is 1. The average molecular weight is 300 g/mol. The van der Waals surface area contributed by atoms with Crippen LogP contribution in [0.5, 0.6) is 0 Å². The van der Waals surface area contributed by atoms with E-state index >= 15 is 0 Å². The van der Waals surface area contributed by atoms with Crippen LogP contribution in [0, 0.1) is 10.8 Å².